The zero-order valence-electron chi connectivity index (χ0n) is 11.3. The molecule has 0 aliphatic heterocycles. The number of halogens is 3. The van der Waals surface area contributed by atoms with Gasteiger partial charge in [-0.15, -0.1) is 5.10 Å². The molecule has 1 unspecified atom stereocenters. The highest BCUT2D eigenvalue weighted by molar-refractivity contribution is 5.35. The molecule has 2 heterocycles. The minimum absolute atomic E-state index is 0.140. The molecule has 0 amide bonds. The monoisotopic (exact) mass is 304 g/mol. The summed E-state index contributed by atoms with van der Waals surface area (Å²) >= 11 is 0. The van der Waals surface area contributed by atoms with E-state index in [1.165, 1.54) is 21.0 Å². The highest BCUT2D eigenvalue weighted by Crippen LogP contribution is 2.20. The molecule has 0 aliphatic carbocycles. The summed E-state index contributed by atoms with van der Waals surface area (Å²) in [6, 6.07) is 5.08. The molecule has 1 atom stereocenters. The molecule has 2 aromatic heterocycles. The number of rotatable bonds is 5. The Morgan fingerprint density at radius 1 is 1.43 bits per heavy atom. The summed E-state index contributed by atoms with van der Waals surface area (Å²) in [6.45, 7) is -0.246. The van der Waals surface area contributed by atoms with Crippen molar-refractivity contribution in [2.75, 3.05) is 20.1 Å². The first-order chi connectivity index (χ1) is 9.79. The maximum Gasteiger partial charge on any atom is 0.415 e. The molecule has 116 valence electrons. The van der Waals surface area contributed by atoms with Gasteiger partial charge in [-0.3, -0.25) is 4.40 Å². The van der Waals surface area contributed by atoms with Crippen molar-refractivity contribution in [2.45, 2.75) is 18.8 Å². The Balaban J connectivity index is 1.99. The fourth-order valence-corrected chi connectivity index (χ4v) is 1.87. The highest BCUT2D eigenvalue weighted by Gasteiger charge is 2.38. The van der Waals surface area contributed by atoms with Crippen LogP contribution >= 0.6 is 0 Å². The lowest BCUT2D eigenvalue weighted by molar-refractivity contribution is -0.207. The fourth-order valence-electron chi connectivity index (χ4n) is 1.87. The van der Waals surface area contributed by atoms with E-state index in [-0.39, 0.29) is 18.8 Å². The minimum Gasteiger partial charge on any atom is -0.382 e. The second-order valence-corrected chi connectivity index (χ2v) is 4.75. The van der Waals surface area contributed by atoms with Crippen molar-refractivity contribution in [3.8, 4) is 0 Å². The first-order valence-electron chi connectivity index (χ1n) is 6.26. The maximum absolute atomic E-state index is 12.2. The van der Waals surface area contributed by atoms with Crippen LogP contribution in [0, 0.1) is 0 Å². The normalized spacial score (nSPS) is 14.0. The molecule has 0 saturated carbocycles. The van der Waals surface area contributed by atoms with Gasteiger partial charge in [0.05, 0.1) is 6.54 Å². The highest BCUT2D eigenvalue weighted by atomic mass is 19.4. The fraction of sp³-hybridized carbons (Fsp3) is 0.500. The largest absolute Gasteiger partial charge is 0.415 e. The Morgan fingerprint density at radius 3 is 2.76 bits per heavy atom. The molecule has 2 aromatic rings. The number of hydrogen-bond donors (Lipinski definition) is 1. The van der Waals surface area contributed by atoms with E-state index in [9.17, 15) is 18.0 Å². The van der Waals surface area contributed by atoms with E-state index in [4.69, 9.17) is 5.11 Å². The summed E-state index contributed by atoms with van der Waals surface area (Å²) in [5.41, 5.74) is 0.121. The third kappa shape index (κ3) is 3.61. The van der Waals surface area contributed by atoms with Crippen LogP contribution in [0.1, 0.15) is 0 Å². The molecular weight excluding hydrogens is 289 g/mol. The number of pyridine rings is 1. The Labute approximate surface area is 118 Å². The molecule has 0 saturated heterocycles. The van der Waals surface area contributed by atoms with Gasteiger partial charge < -0.3 is 10.0 Å². The summed E-state index contributed by atoms with van der Waals surface area (Å²) in [6.07, 6.45) is -5.48. The molecule has 0 radical (unpaired) electrons. The van der Waals surface area contributed by atoms with E-state index in [0.717, 1.165) is 0 Å². The Morgan fingerprint density at radius 2 is 2.14 bits per heavy atom. The summed E-state index contributed by atoms with van der Waals surface area (Å²) in [5.74, 6) is 0. The molecule has 0 fully saturated rings. The van der Waals surface area contributed by atoms with Gasteiger partial charge in [-0.1, -0.05) is 6.07 Å². The van der Waals surface area contributed by atoms with Crippen molar-refractivity contribution in [3.05, 3.63) is 34.9 Å². The first-order valence-corrected chi connectivity index (χ1v) is 6.26. The predicted molar refractivity (Wildman–Crippen MR) is 69.0 cm³/mol. The number of aromatic nitrogens is 3. The van der Waals surface area contributed by atoms with Crippen molar-refractivity contribution >= 4 is 5.65 Å². The molecular formula is C12H15F3N4O2. The number of aliphatic hydroxyl groups is 1. The van der Waals surface area contributed by atoms with Crippen molar-refractivity contribution in [1.29, 1.82) is 0 Å². The van der Waals surface area contributed by atoms with Gasteiger partial charge in [0.2, 0.25) is 0 Å². The second kappa shape index (κ2) is 5.86. The van der Waals surface area contributed by atoms with E-state index in [2.05, 4.69) is 5.10 Å². The SMILES string of the molecule is CN(CCn1nc2ccccn2c1=O)CC(O)C(F)(F)F. The lowest BCUT2D eigenvalue weighted by Crippen LogP contribution is -2.40. The molecule has 6 nitrogen and oxygen atoms in total. The van der Waals surface area contributed by atoms with Gasteiger partial charge >= 0.3 is 11.9 Å². The number of likely N-dealkylation sites (N-methyl/N-ethyl adjacent to an activating group) is 1. The van der Waals surface area contributed by atoms with Gasteiger partial charge in [0.1, 0.15) is 0 Å². The predicted octanol–water partition coefficient (Wildman–Crippen LogP) is 0.351. The van der Waals surface area contributed by atoms with E-state index >= 15 is 0 Å². The number of nitrogens with zero attached hydrogens (tertiary/aromatic N) is 4. The minimum atomic E-state index is -4.64. The molecule has 0 bridgehead atoms. The smallest absolute Gasteiger partial charge is 0.382 e. The standard InChI is InChI=1S/C12H15F3N4O2/c1-17(8-9(20)12(13,14)15)6-7-19-11(21)18-5-3-2-4-10(18)16-19/h2-5,9,20H,6-8H2,1H3. The molecule has 1 N–H and O–H groups in total. The van der Waals surface area contributed by atoms with Crippen LogP contribution in [0.25, 0.3) is 5.65 Å². The van der Waals surface area contributed by atoms with Crippen LogP contribution in [0.15, 0.2) is 29.2 Å². The lowest BCUT2D eigenvalue weighted by Gasteiger charge is -2.21. The van der Waals surface area contributed by atoms with E-state index in [0.29, 0.717) is 5.65 Å². The summed E-state index contributed by atoms with van der Waals surface area (Å²) in [5, 5.41) is 13.0. The first kappa shape index (κ1) is 15.5. The average Bonchev–Trinajstić information content (AvgIpc) is 2.73. The third-order valence-corrected chi connectivity index (χ3v) is 3.04. The molecule has 0 aliphatic rings. The topological polar surface area (TPSA) is 62.8 Å². The molecule has 9 heteroatoms. The number of alkyl halides is 3. The van der Waals surface area contributed by atoms with E-state index in [1.54, 1.807) is 24.4 Å². The Hall–Kier alpha value is -1.87. The summed E-state index contributed by atoms with van der Waals surface area (Å²) in [4.78, 5) is 13.2. The lowest BCUT2D eigenvalue weighted by atomic mass is 10.3. The molecule has 2 rings (SSSR count). The van der Waals surface area contributed by atoms with Gasteiger partial charge in [0.25, 0.3) is 0 Å². The van der Waals surface area contributed by atoms with Crippen LogP contribution in [0.3, 0.4) is 0 Å². The maximum atomic E-state index is 12.2. The summed E-state index contributed by atoms with van der Waals surface area (Å²) < 4.78 is 39.2. The van der Waals surface area contributed by atoms with Crippen LogP contribution in [-0.2, 0) is 6.54 Å². The number of hydrogen-bond acceptors (Lipinski definition) is 4. The Bertz CT molecular complexity index is 664. The third-order valence-electron chi connectivity index (χ3n) is 3.04. The quantitative estimate of drug-likeness (QED) is 0.866. The van der Waals surface area contributed by atoms with Gasteiger partial charge in [-0.05, 0) is 19.2 Å². The second-order valence-electron chi connectivity index (χ2n) is 4.75. The van der Waals surface area contributed by atoms with Crippen LogP contribution in [0.4, 0.5) is 13.2 Å². The van der Waals surface area contributed by atoms with Gasteiger partial charge in [-0.25, -0.2) is 9.48 Å². The van der Waals surface area contributed by atoms with Gasteiger partial charge in [0, 0.05) is 19.3 Å². The summed E-state index contributed by atoms with van der Waals surface area (Å²) in [7, 11) is 1.44. The zero-order chi connectivity index (χ0) is 15.6. The van der Waals surface area contributed by atoms with Crippen LogP contribution in [0.2, 0.25) is 0 Å². The number of fused-ring (bicyclic) bond motifs is 1. The van der Waals surface area contributed by atoms with Gasteiger partial charge in [0.15, 0.2) is 11.8 Å². The number of aliphatic hydroxyl groups excluding tert-OH is 1. The van der Waals surface area contributed by atoms with Crippen molar-refractivity contribution in [1.82, 2.24) is 19.1 Å². The van der Waals surface area contributed by atoms with Crippen LogP contribution < -0.4 is 5.69 Å². The van der Waals surface area contributed by atoms with Crippen LogP contribution in [0.5, 0.6) is 0 Å². The average molecular weight is 304 g/mol. The van der Waals surface area contributed by atoms with E-state index < -0.39 is 18.8 Å². The Kier molecular flexibility index (Phi) is 4.33. The van der Waals surface area contributed by atoms with Crippen molar-refractivity contribution in [2.24, 2.45) is 0 Å². The molecule has 0 aromatic carbocycles. The zero-order valence-corrected chi connectivity index (χ0v) is 11.3. The van der Waals surface area contributed by atoms with Crippen molar-refractivity contribution in [3.63, 3.8) is 0 Å². The van der Waals surface area contributed by atoms with Crippen molar-refractivity contribution < 1.29 is 18.3 Å². The van der Waals surface area contributed by atoms with E-state index in [1.807, 2.05) is 0 Å². The van der Waals surface area contributed by atoms with Gasteiger partial charge in [-0.2, -0.15) is 13.2 Å². The van der Waals surface area contributed by atoms with Crippen LogP contribution in [-0.4, -0.2) is 56.6 Å². The molecule has 21 heavy (non-hydrogen) atoms. The molecule has 0 spiro atoms.